The maximum Gasteiger partial charge on any atom is 0.234 e. The maximum absolute atomic E-state index is 13.2. The predicted octanol–water partition coefficient (Wildman–Crippen LogP) is 5.94. The molecule has 0 aliphatic carbocycles. The van der Waals surface area contributed by atoms with Gasteiger partial charge in [0.05, 0.1) is 4.90 Å². The Morgan fingerprint density at radius 1 is 0.871 bits per heavy atom. The smallest absolute Gasteiger partial charge is 0.234 e. The number of rotatable bonds is 7. The van der Waals surface area contributed by atoms with Gasteiger partial charge in [0.2, 0.25) is 26.6 Å². The average molecular weight is 451 g/mol. The number of benzene rings is 3. The molecule has 0 radical (unpaired) electrons. The van der Waals surface area contributed by atoms with Crippen molar-refractivity contribution >= 4 is 39.5 Å². The highest BCUT2D eigenvalue weighted by atomic mass is 35.5. The zero-order valence-electron chi connectivity index (χ0n) is 16.4. The number of anilines is 1. The van der Waals surface area contributed by atoms with Gasteiger partial charge in [0.25, 0.3) is 0 Å². The minimum atomic E-state index is -3.91. The second kappa shape index (κ2) is 9.20. The molecule has 0 fully saturated rings. The van der Waals surface area contributed by atoms with Crippen LogP contribution < -0.4 is 5.32 Å². The molecule has 4 rings (SSSR count). The van der Waals surface area contributed by atoms with Crippen LogP contribution >= 0.6 is 11.6 Å². The van der Waals surface area contributed by atoms with Gasteiger partial charge < -0.3 is 9.73 Å². The normalized spacial score (nSPS) is 11.6. The Balaban J connectivity index is 1.69. The van der Waals surface area contributed by atoms with Crippen LogP contribution in [0.1, 0.15) is 17.0 Å². The highest BCUT2D eigenvalue weighted by molar-refractivity contribution is 7.91. The van der Waals surface area contributed by atoms with E-state index in [4.69, 9.17) is 16.0 Å². The molecule has 0 atom stereocenters. The molecule has 0 spiro atoms. The molecule has 1 N–H and O–H groups in total. The van der Waals surface area contributed by atoms with Gasteiger partial charge in [0.1, 0.15) is 0 Å². The summed E-state index contributed by atoms with van der Waals surface area (Å²) in [5.41, 5.74) is 1.93. The molecule has 0 aliphatic heterocycles. The lowest BCUT2D eigenvalue weighted by molar-refractivity contribution is 0.554. The van der Waals surface area contributed by atoms with Gasteiger partial charge in [-0.05, 0) is 41.5 Å². The van der Waals surface area contributed by atoms with Crippen LogP contribution in [0.4, 0.5) is 5.88 Å². The molecule has 0 saturated carbocycles. The second-order valence-electron chi connectivity index (χ2n) is 6.73. The molecule has 156 valence electrons. The van der Waals surface area contributed by atoms with Crippen LogP contribution in [0.5, 0.6) is 0 Å². The van der Waals surface area contributed by atoms with Crippen molar-refractivity contribution in [3.63, 3.8) is 0 Å². The third-order valence-corrected chi connectivity index (χ3v) is 6.44. The molecular weight excluding hydrogens is 432 g/mol. The third kappa shape index (κ3) is 5.05. The quantitative estimate of drug-likeness (QED) is 0.377. The minimum absolute atomic E-state index is 0.0894. The molecule has 0 bridgehead atoms. The van der Waals surface area contributed by atoms with Gasteiger partial charge in [-0.3, -0.25) is 0 Å². The van der Waals surface area contributed by atoms with Crippen molar-refractivity contribution in [1.29, 1.82) is 0 Å². The zero-order valence-corrected chi connectivity index (χ0v) is 18.0. The first kappa shape index (κ1) is 20.9. The van der Waals surface area contributed by atoms with E-state index in [9.17, 15) is 8.42 Å². The molecule has 0 unspecified atom stereocenters. The Morgan fingerprint density at radius 2 is 1.52 bits per heavy atom. The standard InChI is InChI=1S/C24H19ClN2O3S/c25-20-12-14-21(15-13-20)31(28,29)24-23(26-17-19-9-5-2-6-10-19)30-22(27-24)16-11-18-7-3-1-4-8-18/h1-16,26H,17H2. The molecule has 5 nitrogen and oxygen atoms in total. The summed E-state index contributed by atoms with van der Waals surface area (Å²) >= 11 is 5.91. The van der Waals surface area contributed by atoms with Gasteiger partial charge in [0.15, 0.2) is 0 Å². The number of sulfone groups is 1. The van der Waals surface area contributed by atoms with Crippen molar-refractivity contribution in [2.24, 2.45) is 0 Å². The number of aromatic nitrogens is 1. The minimum Gasteiger partial charge on any atom is -0.420 e. The average Bonchev–Trinajstić information content (AvgIpc) is 3.22. The molecule has 0 aliphatic rings. The summed E-state index contributed by atoms with van der Waals surface area (Å²) in [6.07, 6.45) is 3.45. The van der Waals surface area contributed by atoms with Crippen molar-refractivity contribution in [3.8, 4) is 0 Å². The highest BCUT2D eigenvalue weighted by Gasteiger charge is 2.27. The lowest BCUT2D eigenvalue weighted by Crippen LogP contribution is -2.07. The molecular formula is C24H19ClN2O3S. The summed E-state index contributed by atoms with van der Waals surface area (Å²) in [7, 11) is -3.91. The van der Waals surface area contributed by atoms with Gasteiger partial charge >= 0.3 is 0 Å². The maximum atomic E-state index is 13.2. The summed E-state index contributed by atoms with van der Waals surface area (Å²) in [6.45, 7) is 0.390. The van der Waals surface area contributed by atoms with Gasteiger partial charge in [-0.25, -0.2) is 8.42 Å². The van der Waals surface area contributed by atoms with E-state index in [0.29, 0.717) is 11.6 Å². The van der Waals surface area contributed by atoms with E-state index in [1.165, 1.54) is 24.3 Å². The van der Waals surface area contributed by atoms with Gasteiger partial charge in [0, 0.05) is 17.6 Å². The monoisotopic (exact) mass is 450 g/mol. The van der Waals surface area contributed by atoms with Gasteiger partial charge in [-0.15, -0.1) is 0 Å². The summed E-state index contributed by atoms with van der Waals surface area (Å²) in [5, 5.41) is 3.35. The lowest BCUT2D eigenvalue weighted by atomic mass is 10.2. The van der Waals surface area contributed by atoms with Gasteiger partial charge in [-0.1, -0.05) is 72.3 Å². The van der Waals surface area contributed by atoms with E-state index in [-0.39, 0.29) is 21.7 Å². The van der Waals surface area contributed by atoms with Crippen LogP contribution in [0.3, 0.4) is 0 Å². The number of oxazole rings is 1. The summed E-state index contributed by atoms with van der Waals surface area (Å²) in [6, 6.07) is 25.2. The number of nitrogens with one attached hydrogen (secondary N) is 1. The Kier molecular flexibility index (Phi) is 6.21. The predicted molar refractivity (Wildman–Crippen MR) is 123 cm³/mol. The molecule has 4 aromatic rings. The van der Waals surface area contributed by atoms with E-state index in [2.05, 4.69) is 10.3 Å². The second-order valence-corrected chi connectivity index (χ2v) is 9.03. The molecule has 0 amide bonds. The Hall–Kier alpha value is -3.35. The van der Waals surface area contributed by atoms with Crippen LogP contribution in [0, 0.1) is 0 Å². The summed E-state index contributed by atoms with van der Waals surface area (Å²) in [5.74, 6) is 0.276. The molecule has 3 aromatic carbocycles. The van der Waals surface area contributed by atoms with Gasteiger partial charge in [-0.2, -0.15) is 4.98 Å². The molecule has 0 saturated heterocycles. The first-order valence-electron chi connectivity index (χ1n) is 9.55. The third-order valence-electron chi connectivity index (χ3n) is 4.50. The number of hydrogen-bond donors (Lipinski definition) is 1. The number of hydrogen-bond acceptors (Lipinski definition) is 5. The zero-order chi connectivity index (χ0) is 21.7. The fourth-order valence-corrected chi connectivity index (χ4v) is 4.33. The van der Waals surface area contributed by atoms with Crippen LogP contribution in [0.15, 0.2) is 99.3 Å². The highest BCUT2D eigenvalue weighted by Crippen LogP contribution is 2.30. The van der Waals surface area contributed by atoms with E-state index < -0.39 is 9.84 Å². The van der Waals surface area contributed by atoms with E-state index >= 15 is 0 Å². The number of nitrogens with zero attached hydrogens (tertiary/aromatic N) is 1. The van der Waals surface area contributed by atoms with Crippen molar-refractivity contribution in [2.45, 2.75) is 16.5 Å². The SMILES string of the molecule is O=S(=O)(c1ccc(Cl)cc1)c1nc(C=Cc2ccccc2)oc1NCc1ccccc1. The molecule has 1 aromatic heterocycles. The topological polar surface area (TPSA) is 72.2 Å². The van der Waals surface area contributed by atoms with E-state index in [1.54, 1.807) is 6.08 Å². The number of halogens is 1. The Morgan fingerprint density at radius 3 is 2.19 bits per heavy atom. The van der Waals surface area contributed by atoms with Crippen LogP contribution in [-0.4, -0.2) is 13.4 Å². The van der Waals surface area contributed by atoms with Crippen molar-refractivity contribution < 1.29 is 12.8 Å². The van der Waals surface area contributed by atoms with Crippen molar-refractivity contribution in [3.05, 3.63) is 107 Å². The van der Waals surface area contributed by atoms with E-state index in [1.807, 2.05) is 66.7 Å². The van der Waals surface area contributed by atoms with Crippen LogP contribution in [0.25, 0.3) is 12.2 Å². The fourth-order valence-electron chi connectivity index (χ4n) is 2.92. The van der Waals surface area contributed by atoms with Crippen LogP contribution in [0.2, 0.25) is 5.02 Å². The Labute approximate surface area is 186 Å². The van der Waals surface area contributed by atoms with Crippen LogP contribution in [-0.2, 0) is 16.4 Å². The fraction of sp³-hybridized carbons (Fsp3) is 0.0417. The van der Waals surface area contributed by atoms with E-state index in [0.717, 1.165) is 11.1 Å². The van der Waals surface area contributed by atoms with Crippen molar-refractivity contribution in [2.75, 3.05) is 5.32 Å². The lowest BCUT2D eigenvalue weighted by Gasteiger charge is -2.06. The summed E-state index contributed by atoms with van der Waals surface area (Å²) in [4.78, 5) is 4.36. The first-order chi connectivity index (χ1) is 15.0. The molecule has 31 heavy (non-hydrogen) atoms. The molecule has 1 heterocycles. The van der Waals surface area contributed by atoms with Crippen molar-refractivity contribution in [1.82, 2.24) is 4.98 Å². The largest absolute Gasteiger partial charge is 0.420 e. The Bertz CT molecular complexity index is 1280. The molecule has 7 heteroatoms. The first-order valence-corrected chi connectivity index (χ1v) is 11.4. The summed E-state index contributed by atoms with van der Waals surface area (Å²) < 4.78 is 32.2.